The van der Waals surface area contributed by atoms with Crippen molar-refractivity contribution in [1.82, 2.24) is 25.8 Å². The Bertz CT molecular complexity index is 1000. The molecule has 4 rings (SSSR count). The molecule has 0 radical (unpaired) electrons. The number of carbonyl (C=O) groups is 1. The Balaban J connectivity index is 1.40. The molecule has 0 bridgehead atoms. The van der Waals surface area contributed by atoms with Gasteiger partial charge in [0.25, 0.3) is 5.91 Å². The Hall–Kier alpha value is -3.27. The summed E-state index contributed by atoms with van der Waals surface area (Å²) in [6, 6.07) is 7.05. The summed E-state index contributed by atoms with van der Waals surface area (Å²) in [7, 11) is 0. The van der Waals surface area contributed by atoms with Crippen LogP contribution in [0.2, 0.25) is 0 Å². The van der Waals surface area contributed by atoms with Crippen LogP contribution >= 0.6 is 11.3 Å². The molecule has 10 heteroatoms. The Labute approximate surface area is 144 Å². The number of thiophene rings is 1. The maximum absolute atomic E-state index is 12.1. The fraction of sp³-hybridized carbons (Fsp3) is 0.133. The Morgan fingerprint density at radius 1 is 1.20 bits per heavy atom. The molecule has 0 spiro atoms. The van der Waals surface area contributed by atoms with Gasteiger partial charge in [-0.15, -0.1) is 11.3 Å². The zero-order chi connectivity index (χ0) is 17.2. The predicted octanol–water partition coefficient (Wildman–Crippen LogP) is 2.68. The highest BCUT2D eigenvalue weighted by Gasteiger charge is 2.16. The van der Waals surface area contributed by atoms with E-state index in [9.17, 15) is 4.79 Å². The molecule has 1 amide bonds. The lowest BCUT2D eigenvalue weighted by Gasteiger charge is -1.96. The van der Waals surface area contributed by atoms with Gasteiger partial charge in [-0.25, -0.2) is 0 Å². The second kappa shape index (κ2) is 6.32. The van der Waals surface area contributed by atoms with Crippen molar-refractivity contribution in [2.45, 2.75) is 13.5 Å². The average molecular weight is 357 g/mol. The molecule has 0 aliphatic carbocycles. The number of nitrogens with zero attached hydrogens (tertiary/aromatic N) is 4. The third-order valence-electron chi connectivity index (χ3n) is 3.23. The summed E-state index contributed by atoms with van der Waals surface area (Å²) in [6.45, 7) is 1.82. The highest BCUT2D eigenvalue weighted by atomic mass is 32.1. The molecule has 25 heavy (non-hydrogen) atoms. The number of hydrogen-bond acceptors (Lipinski definition) is 9. The van der Waals surface area contributed by atoms with E-state index in [-0.39, 0.29) is 18.1 Å². The summed E-state index contributed by atoms with van der Waals surface area (Å²) in [5.74, 6) is 1.32. The van der Waals surface area contributed by atoms with Crippen LogP contribution in [0.5, 0.6) is 0 Å². The van der Waals surface area contributed by atoms with Gasteiger partial charge in [0.1, 0.15) is 5.76 Å². The van der Waals surface area contributed by atoms with Crippen LogP contribution in [0.25, 0.3) is 22.2 Å². The minimum absolute atomic E-state index is 0.0594. The van der Waals surface area contributed by atoms with Gasteiger partial charge in [0, 0.05) is 12.1 Å². The first-order valence-electron chi connectivity index (χ1n) is 7.24. The second-order valence-corrected chi connectivity index (χ2v) is 6.02. The highest BCUT2D eigenvalue weighted by Crippen LogP contribution is 2.25. The SMILES string of the molecule is Cc1cc(-c2noc(CNC(=O)c3cc(-c4cccs4)on3)n2)no1. The van der Waals surface area contributed by atoms with Crippen molar-refractivity contribution in [3.8, 4) is 22.2 Å². The van der Waals surface area contributed by atoms with Crippen molar-refractivity contribution < 1.29 is 18.4 Å². The monoisotopic (exact) mass is 357 g/mol. The van der Waals surface area contributed by atoms with Crippen molar-refractivity contribution in [2.75, 3.05) is 0 Å². The normalized spacial score (nSPS) is 10.9. The van der Waals surface area contributed by atoms with Crippen LogP contribution in [0.15, 0.2) is 43.2 Å². The third-order valence-corrected chi connectivity index (χ3v) is 4.12. The molecule has 0 unspecified atom stereocenters. The van der Waals surface area contributed by atoms with Gasteiger partial charge in [-0.2, -0.15) is 4.98 Å². The van der Waals surface area contributed by atoms with Crippen LogP contribution in [-0.2, 0) is 6.54 Å². The largest absolute Gasteiger partial charge is 0.361 e. The number of nitrogens with one attached hydrogen (secondary N) is 1. The number of hydrogen-bond donors (Lipinski definition) is 1. The first-order valence-corrected chi connectivity index (χ1v) is 8.12. The van der Waals surface area contributed by atoms with E-state index in [1.54, 1.807) is 19.1 Å². The summed E-state index contributed by atoms with van der Waals surface area (Å²) < 4.78 is 15.2. The average Bonchev–Trinajstić information content (AvgIpc) is 3.38. The Kier molecular flexibility index (Phi) is 3.86. The first-order chi connectivity index (χ1) is 12.2. The molecular formula is C15H11N5O4S. The first kappa shape index (κ1) is 15.3. The van der Waals surface area contributed by atoms with Crippen LogP contribution in [0.1, 0.15) is 22.1 Å². The zero-order valence-electron chi connectivity index (χ0n) is 12.9. The molecule has 1 N–H and O–H groups in total. The van der Waals surface area contributed by atoms with Crippen LogP contribution < -0.4 is 5.32 Å². The van der Waals surface area contributed by atoms with E-state index in [0.717, 1.165) is 4.88 Å². The molecule has 4 aromatic heterocycles. The second-order valence-electron chi connectivity index (χ2n) is 5.07. The number of amides is 1. The minimum Gasteiger partial charge on any atom is -0.361 e. The summed E-state index contributed by atoms with van der Waals surface area (Å²) in [6.07, 6.45) is 0. The van der Waals surface area contributed by atoms with E-state index < -0.39 is 5.91 Å². The van der Waals surface area contributed by atoms with Crippen molar-refractivity contribution in [3.63, 3.8) is 0 Å². The molecule has 9 nitrogen and oxygen atoms in total. The van der Waals surface area contributed by atoms with E-state index in [2.05, 4.69) is 25.8 Å². The molecule has 4 aromatic rings. The van der Waals surface area contributed by atoms with Gasteiger partial charge >= 0.3 is 0 Å². The van der Waals surface area contributed by atoms with Gasteiger partial charge in [0.05, 0.1) is 11.4 Å². The molecule has 0 aromatic carbocycles. The fourth-order valence-electron chi connectivity index (χ4n) is 2.07. The summed E-state index contributed by atoms with van der Waals surface area (Å²) in [4.78, 5) is 17.2. The number of aromatic nitrogens is 4. The van der Waals surface area contributed by atoms with Gasteiger partial charge in [0.2, 0.25) is 11.7 Å². The third kappa shape index (κ3) is 3.19. The summed E-state index contributed by atoms with van der Waals surface area (Å²) in [5.41, 5.74) is 0.645. The van der Waals surface area contributed by atoms with Crippen molar-refractivity contribution in [3.05, 3.63) is 47.0 Å². The maximum atomic E-state index is 12.1. The van der Waals surface area contributed by atoms with Crippen LogP contribution in [-0.4, -0.2) is 26.4 Å². The van der Waals surface area contributed by atoms with Crippen LogP contribution in [0.3, 0.4) is 0 Å². The Morgan fingerprint density at radius 3 is 2.88 bits per heavy atom. The quantitative estimate of drug-likeness (QED) is 0.579. The molecule has 0 atom stereocenters. The van der Waals surface area contributed by atoms with Gasteiger partial charge in [-0.1, -0.05) is 21.5 Å². The number of carbonyl (C=O) groups excluding carboxylic acids is 1. The lowest BCUT2D eigenvalue weighted by molar-refractivity contribution is 0.0937. The lowest BCUT2D eigenvalue weighted by atomic mass is 10.3. The van der Waals surface area contributed by atoms with Gasteiger partial charge in [0.15, 0.2) is 17.1 Å². The lowest BCUT2D eigenvalue weighted by Crippen LogP contribution is -2.23. The molecule has 0 fully saturated rings. The molecule has 4 heterocycles. The van der Waals surface area contributed by atoms with E-state index >= 15 is 0 Å². The fourth-order valence-corrected chi connectivity index (χ4v) is 2.74. The molecule has 126 valence electrons. The molecule has 0 aliphatic heterocycles. The van der Waals surface area contributed by atoms with Crippen molar-refractivity contribution >= 4 is 17.2 Å². The maximum Gasteiger partial charge on any atom is 0.273 e. The summed E-state index contributed by atoms with van der Waals surface area (Å²) in [5, 5.41) is 15.9. The van der Waals surface area contributed by atoms with E-state index in [0.29, 0.717) is 23.0 Å². The molecule has 0 aliphatic rings. The summed E-state index contributed by atoms with van der Waals surface area (Å²) >= 11 is 1.50. The smallest absolute Gasteiger partial charge is 0.273 e. The number of aryl methyl sites for hydroxylation is 1. The molecular weight excluding hydrogens is 346 g/mol. The van der Waals surface area contributed by atoms with Gasteiger partial charge in [-0.05, 0) is 18.4 Å². The topological polar surface area (TPSA) is 120 Å². The zero-order valence-corrected chi connectivity index (χ0v) is 13.7. The van der Waals surface area contributed by atoms with Gasteiger partial charge < -0.3 is 18.9 Å². The van der Waals surface area contributed by atoms with Gasteiger partial charge in [-0.3, -0.25) is 4.79 Å². The molecule has 0 saturated heterocycles. The Morgan fingerprint density at radius 2 is 2.12 bits per heavy atom. The van der Waals surface area contributed by atoms with Crippen LogP contribution in [0, 0.1) is 6.92 Å². The van der Waals surface area contributed by atoms with E-state index in [1.165, 1.54) is 11.3 Å². The van der Waals surface area contributed by atoms with Crippen molar-refractivity contribution in [1.29, 1.82) is 0 Å². The minimum atomic E-state index is -0.399. The predicted molar refractivity (Wildman–Crippen MR) is 85.5 cm³/mol. The van der Waals surface area contributed by atoms with Crippen LogP contribution in [0.4, 0.5) is 0 Å². The highest BCUT2D eigenvalue weighted by molar-refractivity contribution is 7.13. The van der Waals surface area contributed by atoms with Crippen molar-refractivity contribution in [2.24, 2.45) is 0 Å². The van der Waals surface area contributed by atoms with E-state index in [4.69, 9.17) is 13.6 Å². The standard InChI is InChI=1S/C15H11N5O4S/c1-8-5-9(18-22-8)14-17-13(24-20-14)7-16-15(21)10-6-11(23-19-10)12-3-2-4-25-12/h2-6H,7H2,1H3,(H,16,21). The molecule has 0 saturated carbocycles. The van der Waals surface area contributed by atoms with E-state index in [1.807, 2.05) is 17.5 Å². The number of rotatable bonds is 5.